The number of H-pyrrole nitrogens is 1. The summed E-state index contributed by atoms with van der Waals surface area (Å²) in [7, 11) is -1.09. The maximum Gasteiger partial charge on any atom is 0.508 e. The number of nitrogens with one attached hydrogen (secondary N) is 2. The van der Waals surface area contributed by atoms with Gasteiger partial charge in [-0.05, 0) is 52.7 Å². The van der Waals surface area contributed by atoms with Crippen LogP contribution in [-0.2, 0) is 9.39 Å². The molecule has 0 aliphatic heterocycles. The van der Waals surface area contributed by atoms with Gasteiger partial charge in [-0.3, -0.25) is 5.32 Å². The topological polar surface area (TPSA) is 96.5 Å². The monoisotopic (exact) mass is 361 g/mol. The third-order valence-electron chi connectivity index (χ3n) is 4.21. The number of hydrogen-bond acceptors (Lipinski definition) is 5. The molecule has 0 atom stereocenters. The van der Waals surface area contributed by atoms with Crippen molar-refractivity contribution in [1.82, 2.24) is 9.97 Å². The minimum atomic E-state index is -1.09. The predicted octanol–water partition coefficient (Wildman–Crippen LogP) is 3.05. The molecule has 0 aliphatic rings. The molecule has 0 unspecified atom stereocenters. The first-order valence-electron chi connectivity index (χ1n) is 8.72. The molecule has 7 nitrogen and oxygen atoms in total. The normalized spacial score (nSPS) is 12.5. The molecule has 0 saturated carbocycles. The van der Waals surface area contributed by atoms with Crippen LogP contribution >= 0.6 is 0 Å². The first-order chi connectivity index (χ1) is 11.9. The van der Waals surface area contributed by atoms with Crippen LogP contribution in [-0.4, -0.2) is 39.4 Å². The molecule has 0 aromatic carbocycles. The number of carbonyl (C=O) groups excluding carboxylic acids is 1. The number of fused-ring (bicyclic) bond motifs is 1. The second-order valence-electron chi connectivity index (χ2n) is 8.24. The van der Waals surface area contributed by atoms with Crippen molar-refractivity contribution in [2.75, 3.05) is 5.32 Å². The zero-order valence-corrected chi connectivity index (χ0v) is 16.5. The highest BCUT2D eigenvalue weighted by Gasteiger charge is 2.31. The van der Waals surface area contributed by atoms with Crippen LogP contribution < -0.4 is 10.9 Å². The Balaban J connectivity index is 2.15. The number of carbonyl (C=O) groups is 1. The molecule has 0 aliphatic carbocycles. The Kier molecular flexibility index (Phi) is 5.68. The molecule has 0 saturated heterocycles. The molecule has 142 valence electrons. The zero-order chi connectivity index (χ0) is 19.7. The highest BCUT2D eigenvalue weighted by molar-refractivity contribution is 6.59. The molecule has 1 amide bonds. The summed E-state index contributed by atoms with van der Waals surface area (Å²) in [5, 5.41) is 13.8. The summed E-state index contributed by atoms with van der Waals surface area (Å²) in [4.78, 5) is 19.2. The summed E-state index contributed by atoms with van der Waals surface area (Å²) in [5.74, 6) is 0.240. The number of aromatic nitrogens is 2. The molecule has 0 fully saturated rings. The lowest BCUT2D eigenvalue weighted by Gasteiger charge is -2.31. The fourth-order valence-corrected chi connectivity index (χ4v) is 2.15. The van der Waals surface area contributed by atoms with Gasteiger partial charge in [0.2, 0.25) is 0 Å². The lowest BCUT2D eigenvalue weighted by Crippen LogP contribution is -2.44. The van der Waals surface area contributed by atoms with E-state index in [0.717, 1.165) is 5.39 Å². The van der Waals surface area contributed by atoms with Gasteiger partial charge in [0.15, 0.2) is 0 Å². The SMILES string of the molecule is CC(C)C(C)(C)OB(O)c1cc2cc(NC(=O)OC(C)(C)C)cnc2[nH]1. The smallest absolute Gasteiger partial charge is 0.444 e. The van der Waals surface area contributed by atoms with Crippen molar-refractivity contribution in [2.24, 2.45) is 5.92 Å². The Morgan fingerprint density at radius 1 is 1.27 bits per heavy atom. The van der Waals surface area contributed by atoms with Gasteiger partial charge >= 0.3 is 13.2 Å². The molecule has 2 aromatic rings. The highest BCUT2D eigenvalue weighted by atomic mass is 16.6. The van der Waals surface area contributed by atoms with Crippen molar-refractivity contribution in [3.63, 3.8) is 0 Å². The zero-order valence-electron chi connectivity index (χ0n) is 16.5. The molecule has 2 heterocycles. The van der Waals surface area contributed by atoms with Crippen molar-refractivity contribution >= 4 is 35.5 Å². The summed E-state index contributed by atoms with van der Waals surface area (Å²) in [6, 6.07) is 3.51. The molecule has 0 spiro atoms. The molecular weight excluding hydrogens is 333 g/mol. The summed E-state index contributed by atoms with van der Waals surface area (Å²) in [5.41, 5.74) is 0.562. The Hall–Kier alpha value is -2.06. The number of anilines is 1. The molecule has 8 heteroatoms. The molecule has 2 rings (SSSR count). The van der Waals surface area contributed by atoms with Gasteiger partial charge < -0.3 is 19.4 Å². The second kappa shape index (κ2) is 7.29. The van der Waals surface area contributed by atoms with Crippen LogP contribution in [0.5, 0.6) is 0 Å². The molecule has 2 aromatic heterocycles. The van der Waals surface area contributed by atoms with Crippen molar-refractivity contribution in [1.29, 1.82) is 0 Å². The van der Waals surface area contributed by atoms with Crippen LogP contribution in [0.4, 0.5) is 10.5 Å². The van der Waals surface area contributed by atoms with Gasteiger partial charge in [-0.1, -0.05) is 13.8 Å². The predicted molar refractivity (Wildman–Crippen MR) is 104 cm³/mol. The molecule has 0 bridgehead atoms. The van der Waals surface area contributed by atoms with Crippen molar-refractivity contribution in [3.05, 3.63) is 18.3 Å². The second-order valence-corrected chi connectivity index (χ2v) is 8.24. The molecule has 0 radical (unpaired) electrons. The minimum Gasteiger partial charge on any atom is -0.444 e. The number of nitrogens with zero attached hydrogens (tertiary/aromatic N) is 1. The van der Waals surface area contributed by atoms with Crippen LogP contribution in [0.25, 0.3) is 11.0 Å². The van der Waals surface area contributed by atoms with E-state index in [1.165, 1.54) is 6.20 Å². The molecule has 3 N–H and O–H groups in total. The third kappa shape index (κ3) is 5.22. The number of ether oxygens (including phenoxy) is 1. The first kappa shape index (κ1) is 20.3. The lowest BCUT2D eigenvalue weighted by atomic mass is 9.82. The van der Waals surface area contributed by atoms with Crippen LogP contribution in [0.1, 0.15) is 48.5 Å². The Bertz CT molecular complexity index is 780. The number of amides is 1. The van der Waals surface area contributed by atoms with Crippen molar-refractivity contribution in [2.45, 2.75) is 59.7 Å². The van der Waals surface area contributed by atoms with Crippen LogP contribution in [0, 0.1) is 5.92 Å². The van der Waals surface area contributed by atoms with Gasteiger partial charge in [-0.15, -0.1) is 0 Å². The van der Waals surface area contributed by atoms with E-state index in [1.807, 2.05) is 27.7 Å². The van der Waals surface area contributed by atoms with E-state index >= 15 is 0 Å². The van der Waals surface area contributed by atoms with Crippen molar-refractivity contribution in [3.8, 4) is 0 Å². The largest absolute Gasteiger partial charge is 0.508 e. The van der Waals surface area contributed by atoms with E-state index in [2.05, 4.69) is 15.3 Å². The van der Waals surface area contributed by atoms with E-state index in [9.17, 15) is 9.82 Å². The van der Waals surface area contributed by atoms with Crippen LogP contribution in [0.3, 0.4) is 0 Å². The average Bonchev–Trinajstić information content (AvgIpc) is 2.87. The highest BCUT2D eigenvalue weighted by Crippen LogP contribution is 2.21. The number of hydrogen-bond donors (Lipinski definition) is 3. The van der Waals surface area contributed by atoms with Crippen molar-refractivity contribution < 1.29 is 19.2 Å². The van der Waals surface area contributed by atoms with Gasteiger partial charge in [0, 0.05) is 11.0 Å². The summed E-state index contributed by atoms with van der Waals surface area (Å²) in [6.07, 6.45) is 0.981. The van der Waals surface area contributed by atoms with Crippen LogP contribution in [0.2, 0.25) is 0 Å². The number of rotatable bonds is 5. The fourth-order valence-electron chi connectivity index (χ4n) is 2.15. The Morgan fingerprint density at radius 2 is 1.92 bits per heavy atom. The van der Waals surface area contributed by atoms with Gasteiger partial charge in [0.05, 0.1) is 17.5 Å². The Morgan fingerprint density at radius 3 is 2.50 bits per heavy atom. The quantitative estimate of drug-likeness (QED) is 0.712. The Labute approximate surface area is 154 Å². The maximum absolute atomic E-state index is 11.9. The van der Waals surface area contributed by atoms with Crippen LogP contribution in [0.15, 0.2) is 18.3 Å². The first-order valence-corrected chi connectivity index (χ1v) is 8.72. The number of pyridine rings is 1. The summed E-state index contributed by atoms with van der Waals surface area (Å²) in [6.45, 7) is 13.3. The minimum absolute atomic E-state index is 0.240. The maximum atomic E-state index is 11.9. The lowest BCUT2D eigenvalue weighted by molar-refractivity contribution is 0.0421. The van der Waals surface area contributed by atoms with E-state index in [4.69, 9.17) is 9.39 Å². The van der Waals surface area contributed by atoms with Gasteiger partial charge in [-0.25, -0.2) is 9.78 Å². The summed E-state index contributed by atoms with van der Waals surface area (Å²) < 4.78 is 11.0. The van der Waals surface area contributed by atoms with E-state index in [-0.39, 0.29) is 5.92 Å². The standard InChI is InChI=1S/C18H28BN3O4/c1-11(2)18(6,7)26-19(24)14-9-12-8-13(10-20-15(12)22-14)21-16(23)25-17(3,4)5/h8-11,24H,1-7H3,(H,20,22)(H,21,23). The summed E-state index contributed by atoms with van der Waals surface area (Å²) >= 11 is 0. The van der Waals surface area contributed by atoms with Gasteiger partial charge in [-0.2, -0.15) is 0 Å². The van der Waals surface area contributed by atoms with E-state index in [1.54, 1.807) is 32.9 Å². The molecular formula is C18H28BN3O4. The van der Waals surface area contributed by atoms with E-state index in [0.29, 0.717) is 16.9 Å². The van der Waals surface area contributed by atoms with Gasteiger partial charge in [0.25, 0.3) is 0 Å². The van der Waals surface area contributed by atoms with Gasteiger partial charge in [0.1, 0.15) is 11.2 Å². The third-order valence-corrected chi connectivity index (χ3v) is 4.21. The molecule has 26 heavy (non-hydrogen) atoms. The fraction of sp³-hybridized carbons (Fsp3) is 0.556. The number of aromatic amines is 1. The average molecular weight is 361 g/mol. The van der Waals surface area contributed by atoms with E-state index < -0.39 is 24.4 Å².